The van der Waals surface area contributed by atoms with Crippen molar-refractivity contribution in [3.63, 3.8) is 0 Å². The molecule has 0 N–H and O–H groups in total. The third kappa shape index (κ3) is 2.31. The Morgan fingerprint density at radius 1 is 1.44 bits per heavy atom. The van der Waals surface area contributed by atoms with Crippen LogP contribution in [0.1, 0.15) is 49.2 Å². The maximum Gasteiger partial charge on any atom is 0.214 e. The smallest absolute Gasteiger partial charge is 0.214 e. The molecule has 1 atom stereocenters. The van der Waals surface area contributed by atoms with Crippen LogP contribution in [0, 0.1) is 13.8 Å². The summed E-state index contributed by atoms with van der Waals surface area (Å²) in [4.78, 5) is 0. The first-order chi connectivity index (χ1) is 8.47. The maximum absolute atomic E-state index is 12.2. The molecule has 6 heteroatoms. The lowest BCUT2D eigenvalue weighted by atomic mass is 10.0. The van der Waals surface area contributed by atoms with Gasteiger partial charge in [-0.2, -0.15) is 4.31 Å². The van der Waals surface area contributed by atoms with Gasteiger partial charge in [0.1, 0.15) is 5.76 Å². The molecule has 102 valence electrons. The highest BCUT2D eigenvalue weighted by atomic mass is 32.2. The second-order valence-corrected chi connectivity index (χ2v) is 6.86. The number of nitrogens with zero attached hydrogens (tertiary/aromatic N) is 2. The summed E-state index contributed by atoms with van der Waals surface area (Å²) in [6, 6.07) is -0.0900. The standard InChI is InChI=1S/C12H20N2O3S/c1-4-8-18(15,16)14-7-5-6-11(14)12-9(2)13-17-10(12)3/h11H,4-8H2,1-3H3/t11-/m1/s1. The average molecular weight is 272 g/mol. The Labute approximate surface area is 108 Å². The Balaban J connectivity index is 2.34. The normalized spacial score (nSPS) is 21.6. The summed E-state index contributed by atoms with van der Waals surface area (Å²) < 4.78 is 31.3. The van der Waals surface area contributed by atoms with Gasteiger partial charge in [0.2, 0.25) is 10.0 Å². The third-order valence-corrected chi connectivity index (χ3v) is 5.52. The summed E-state index contributed by atoms with van der Waals surface area (Å²) >= 11 is 0. The van der Waals surface area contributed by atoms with Crippen LogP contribution in [-0.2, 0) is 10.0 Å². The predicted molar refractivity (Wildman–Crippen MR) is 68.7 cm³/mol. The first kappa shape index (κ1) is 13.5. The van der Waals surface area contributed by atoms with Gasteiger partial charge in [-0.1, -0.05) is 12.1 Å². The van der Waals surface area contributed by atoms with Gasteiger partial charge in [-0.25, -0.2) is 8.42 Å². The Bertz CT molecular complexity index is 502. The molecule has 0 spiro atoms. The molecule has 18 heavy (non-hydrogen) atoms. The van der Waals surface area contributed by atoms with E-state index in [0.717, 1.165) is 29.9 Å². The monoisotopic (exact) mass is 272 g/mol. The number of hydrogen-bond donors (Lipinski definition) is 0. The number of aromatic nitrogens is 1. The van der Waals surface area contributed by atoms with E-state index in [2.05, 4.69) is 5.16 Å². The predicted octanol–water partition coefficient (Wildman–Crippen LogP) is 2.17. The molecule has 1 fully saturated rings. The zero-order valence-electron chi connectivity index (χ0n) is 11.1. The van der Waals surface area contributed by atoms with Crippen LogP contribution in [0.15, 0.2) is 4.52 Å². The van der Waals surface area contributed by atoms with E-state index in [1.54, 1.807) is 4.31 Å². The summed E-state index contributed by atoms with van der Waals surface area (Å²) in [6.45, 7) is 6.21. The van der Waals surface area contributed by atoms with Crippen LogP contribution in [0.3, 0.4) is 0 Å². The Morgan fingerprint density at radius 3 is 2.72 bits per heavy atom. The van der Waals surface area contributed by atoms with Crippen molar-refractivity contribution >= 4 is 10.0 Å². The maximum atomic E-state index is 12.2. The Morgan fingerprint density at radius 2 is 2.17 bits per heavy atom. The van der Waals surface area contributed by atoms with Gasteiger partial charge in [-0.3, -0.25) is 0 Å². The molecule has 0 amide bonds. The van der Waals surface area contributed by atoms with Gasteiger partial charge in [0, 0.05) is 12.1 Å². The van der Waals surface area contributed by atoms with Crippen LogP contribution in [-0.4, -0.2) is 30.2 Å². The fourth-order valence-corrected chi connectivity index (χ4v) is 4.46. The molecular formula is C12H20N2O3S. The van der Waals surface area contributed by atoms with E-state index in [1.807, 2.05) is 20.8 Å². The van der Waals surface area contributed by atoms with E-state index >= 15 is 0 Å². The van der Waals surface area contributed by atoms with E-state index < -0.39 is 10.0 Å². The molecule has 0 saturated carbocycles. The minimum Gasteiger partial charge on any atom is -0.361 e. The zero-order valence-corrected chi connectivity index (χ0v) is 12.0. The second-order valence-electron chi connectivity index (χ2n) is 4.82. The van der Waals surface area contributed by atoms with Crippen LogP contribution in [0.4, 0.5) is 0 Å². The molecule has 1 aliphatic rings. The quantitative estimate of drug-likeness (QED) is 0.842. The van der Waals surface area contributed by atoms with Gasteiger partial charge in [0.15, 0.2) is 0 Å². The van der Waals surface area contributed by atoms with Gasteiger partial charge in [-0.05, 0) is 33.1 Å². The molecule has 0 radical (unpaired) electrons. The van der Waals surface area contributed by atoms with Crippen LogP contribution >= 0.6 is 0 Å². The van der Waals surface area contributed by atoms with E-state index in [0.29, 0.717) is 13.0 Å². The molecule has 1 aliphatic heterocycles. The summed E-state index contributed by atoms with van der Waals surface area (Å²) in [7, 11) is -3.15. The van der Waals surface area contributed by atoms with Crippen LogP contribution in [0.5, 0.6) is 0 Å². The lowest BCUT2D eigenvalue weighted by molar-refractivity contribution is 0.376. The minimum absolute atomic E-state index is 0.0900. The van der Waals surface area contributed by atoms with Crippen molar-refractivity contribution in [1.82, 2.24) is 9.46 Å². The molecule has 0 unspecified atom stereocenters. The van der Waals surface area contributed by atoms with Crippen LogP contribution in [0.2, 0.25) is 0 Å². The topological polar surface area (TPSA) is 63.4 Å². The molecule has 1 aromatic heterocycles. The molecule has 5 nitrogen and oxygen atoms in total. The summed E-state index contributed by atoms with van der Waals surface area (Å²) in [5.41, 5.74) is 1.75. The number of rotatable bonds is 4. The fraction of sp³-hybridized carbons (Fsp3) is 0.750. The van der Waals surface area contributed by atoms with Gasteiger partial charge in [0.05, 0.1) is 17.5 Å². The Kier molecular flexibility index (Phi) is 3.77. The summed E-state index contributed by atoms with van der Waals surface area (Å²) in [5.74, 6) is 0.948. The van der Waals surface area contributed by atoms with Crippen molar-refractivity contribution in [3.05, 3.63) is 17.0 Å². The Hall–Kier alpha value is -0.880. The van der Waals surface area contributed by atoms with Crippen LogP contribution in [0.25, 0.3) is 0 Å². The molecule has 1 aromatic rings. The molecule has 2 rings (SSSR count). The van der Waals surface area contributed by atoms with Gasteiger partial charge in [-0.15, -0.1) is 0 Å². The third-order valence-electron chi connectivity index (χ3n) is 3.44. The first-order valence-corrected chi connectivity index (χ1v) is 8.00. The van der Waals surface area contributed by atoms with Gasteiger partial charge < -0.3 is 4.52 Å². The van der Waals surface area contributed by atoms with Crippen LogP contribution < -0.4 is 0 Å². The number of hydrogen-bond acceptors (Lipinski definition) is 4. The van der Waals surface area contributed by atoms with E-state index in [9.17, 15) is 8.42 Å². The highest BCUT2D eigenvalue weighted by molar-refractivity contribution is 7.89. The molecule has 0 aliphatic carbocycles. The number of sulfonamides is 1. The van der Waals surface area contributed by atoms with Crippen molar-refractivity contribution < 1.29 is 12.9 Å². The molecule has 1 saturated heterocycles. The zero-order chi connectivity index (χ0) is 13.3. The molecule has 0 bridgehead atoms. The minimum atomic E-state index is -3.15. The van der Waals surface area contributed by atoms with Crippen molar-refractivity contribution in [2.75, 3.05) is 12.3 Å². The van der Waals surface area contributed by atoms with Gasteiger partial charge in [0.25, 0.3) is 0 Å². The molecule has 0 aromatic carbocycles. The molecule has 2 heterocycles. The first-order valence-electron chi connectivity index (χ1n) is 6.39. The average Bonchev–Trinajstić information content (AvgIpc) is 2.86. The van der Waals surface area contributed by atoms with Crippen molar-refractivity contribution in [2.24, 2.45) is 0 Å². The van der Waals surface area contributed by atoms with E-state index in [1.165, 1.54) is 0 Å². The van der Waals surface area contributed by atoms with Crippen molar-refractivity contribution in [3.8, 4) is 0 Å². The molecular weight excluding hydrogens is 252 g/mol. The number of aryl methyl sites for hydroxylation is 2. The van der Waals surface area contributed by atoms with Gasteiger partial charge >= 0.3 is 0 Å². The lowest BCUT2D eigenvalue weighted by Gasteiger charge is -2.23. The summed E-state index contributed by atoms with van der Waals surface area (Å²) in [5, 5.41) is 3.93. The van der Waals surface area contributed by atoms with E-state index in [-0.39, 0.29) is 11.8 Å². The van der Waals surface area contributed by atoms with Crippen molar-refractivity contribution in [1.29, 1.82) is 0 Å². The SMILES string of the molecule is CCCS(=O)(=O)N1CCC[C@@H]1c1c(C)noc1C. The lowest BCUT2D eigenvalue weighted by Crippen LogP contribution is -2.32. The highest BCUT2D eigenvalue weighted by Gasteiger charge is 2.37. The summed E-state index contributed by atoms with van der Waals surface area (Å²) in [6.07, 6.45) is 2.40. The second kappa shape index (κ2) is 5.01. The van der Waals surface area contributed by atoms with E-state index in [4.69, 9.17) is 4.52 Å². The highest BCUT2D eigenvalue weighted by Crippen LogP contribution is 2.37. The van der Waals surface area contributed by atoms with Crippen molar-refractivity contribution in [2.45, 2.75) is 46.1 Å². The fourth-order valence-electron chi connectivity index (χ4n) is 2.70. The largest absolute Gasteiger partial charge is 0.361 e.